The predicted octanol–water partition coefficient (Wildman–Crippen LogP) is 5.21. The van der Waals surface area contributed by atoms with Crippen molar-refractivity contribution in [2.45, 2.75) is 39.2 Å². The zero-order valence-electron chi connectivity index (χ0n) is 16.7. The highest BCUT2D eigenvalue weighted by molar-refractivity contribution is 5.85. The number of aromatic nitrogens is 1. The third-order valence-electron chi connectivity index (χ3n) is 5.76. The van der Waals surface area contributed by atoms with Gasteiger partial charge >= 0.3 is 0 Å². The van der Waals surface area contributed by atoms with Gasteiger partial charge in [0.05, 0.1) is 0 Å². The van der Waals surface area contributed by atoms with Crippen LogP contribution >= 0.6 is 0 Å². The van der Waals surface area contributed by atoms with Gasteiger partial charge in [-0.25, -0.2) is 0 Å². The summed E-state index contributed by atoms with van der Waals surface area (Å²) in [6, 6.07) is 13.9. The zero-order valence-corrected chi connectivity index (χ0v) is 16.7. The maximum Gasteiger partial charge on any atom is 0.248 e. The summed E-state index contributed by atoms with van der Waals surface area (Å²) in [5.74, 6) is 0.292. The molecule has 0 saturated heterocycles. The van der Waals surface area contributed by atoms with Crippen molar-refractivity contribution >= 4 is 12.3 Å². The summed E-state index contributed by atoms with van der Waals surface area (Å²) in [6.45, 7) is 6.37. The van der Waals surface area contributed by atoms with E-state index in [-0.39, 0.29) is 5.56 Å². The van der Waals surface area contributed by atoms with Crippen LogP contribution in [-0.4, -0.2) is 11.2 Å². The molecule has 1 N–H and O–H groups in total. The number of H-pyrrole nitrogens is 1. The number of nitrogens with one attached hydrogen (secondary N) is 1. The number of pyridine rings is 1. The summed E-state index contributed by atoms with van der Waals surface area (Å²) in [5, 5.41) is 0. The van der Waals surface area contributed by atoms with E-state index in [9.17, 15) is 4.79 Å². The fraction of sp³-hybridized carbons (Fsp3) is 0.280. The average Bonchev–Trinajstić information content (AvgIpc) is 2.66. The third-order valence-corrected chi connectivity index (χ3v) is 5.76. The van der Waals surface area contributed by atoms with Crippen LogP contribution in [0.4, 0.5) is 0 Å². The van der Waals surface area contributed by atoms with Crippen LogP contribution in [-0.2, 0) is 12.0 Å². The van der Waals surface area contributed by atoms with Gasteiger partial charge < -0.3 is 4.98 Å². The van der Waals surface area contributed by atoms with Crippen LogP contribution in [0.15, 0.2) is 81.1 Å². The van der Waals surface area contributed by atoms with E-state index < -0.39 is 5.54 Å². The molecule has 0 saturated carbocycles. The highest BCUT2D eigenvalue weighted by atomic mass is 16.1. The maximum atomic E-state index is 11.9. The van der Waals surface area contributed by atoms with E-state index in [0.717, 1.165) is 29.7 Å². The Morgan fingerprint density at radius 2 is 2.00 bits per heavy atom. The van der Waals surface area contributed by atoms with E-state index in [2.05, 4.69) is 56.1 Å². The first-order valence-electron chi connectivity index (χ1n) is 9.87. The van der Waals surface area contributed by atoms with Crippen molar-refractivity contribution < 1.29 is 0 Å². The van der Waals surface area contributed by atoms with Crippen LogP contribution in [0.3, 0.4) is 0 Å². The molecule has 0 radical (unpaired) electrons. The van der Waals surface area contributed by atoms with Crippen LogP contribution in [0.5, 0.6) is 0 Å². The normalized spacial score (nSPS) is 25.7. The number of rotatable bonds is 3. The van der Waals surface area contributed by atoms with Gasteiger partial charge in [-0.3, -0.25) is 9.79 Å². The Bertz CT molecular complexity index is 1070. The number of fused-ring (bicyclic) bond motifs is 4. The van der Waals surface area contributed by atoms with E-state index in [1.165, 1.54) is 16.7 Å². The number of hydrogen-bond donors (Lipinski definition) is 1. The lowest BCUT2D eigenvalue weighted by molar-refractivity contribution is 0.413. The molecule has 0 amide bonds. The molecule has 1 aromatic heterocycles. The van der Waals surface area contributed by atoms with Gasteiger partial charge in [-0.15, -0.1) is 0 Å². The Morgan fingerprint density at radius 1 is 1.21 bits per heavy atom. The lowest BCUT2D eigenvalue weighted by Gasteiger charge is -2.45. The molecule has 0 aliphatic heterocycles. The Morgan fingerprint density at radius 3 is 2.75 bits per heavy atom. The molecule has 142 valence electrons. The molecule has 0 spiro atoms. The second-order valence-corrected chi connectivity index (χ2v) is 7.88. The Balaban J connectivity index is 1.83. The molecule has 2 atom stereocenters. The van der Waals surface area contributed by atoms with Gasteiger partial charge in [0, 0.05) is 35.9 Å². The topological polar surface area (TPSA) is 45.2 Å². The minimum Gasteiger partial charge on any atom is -0.326 e. The number of aromatic amines is 1. The summed E-state index contributed by atoms with van der Waals surface area (Å²) in [7, 11) is 0. The summed E-state index contributed by atoms with van der Waals surface area (Å²) >= 11 is 0. The van der Waals surface area contributed by atoms with Crippen molar-refractivity contribution in [2.75, 3.05) is 0 Å². The first kappa shape index (κ1) is 18.4. The molecular formula is C25H26N2O. The number of nitrogens with zero attached hydrogens (tertiary/aromatic N) is 1. The molecule has 1 heterocycles. The van der Waals surface area contributed by atoms with Crippen molar-refractivity contribution in [3.63, 3.8) is 0 Å². The molecule has 4 rings (SSSR count). The number of aliphatic imine (C=N–C) groups is 1. The lowest BCUT2D eigenvalue weighted by Crippen LogP contribution is -2.40. The molecule has 28 heavy (non-hydrogen) atoms. The van der Waals surface area contributed by atoms with Crippen molar-refractivity contribution in [3.05, 3.63) is 98.5 Å². The summed E-state index contributed by atoms with van der Waals surface area (Å²) in [6.07, 6.45) is 10.4. The second-order valence-electron chi connectivity index (χ2n) is 7.88. The number of benzene rings is 1. The molecule has 3 nitrogen and oxygen atoms in total. The van der Waals surface area contributed by atoms with E-state index in [0.29, 0.717) is 5.92 Å². The summed E-state index contributed by atoms with van der Waals surface area (Å²) < 4.78 is 0. The fourth-order valence-corrected chi connectivity index (χ4v) is 4.71. The highest BCUT2D eigenvalue weighted by Gasteiger charge is 2.46. The van der Waals surface area contributed by atoms with E-state index in [1.54, 1.807) is 6.07 Å². The first-order valence-corrected chi connectivity index (χ1v) is 9.87. The van der Waals surface area contributed by atoms with Gasteiger partial charge in [-0.1, -0.05) is 54.1 Å². The lowest BCUT2D eigenvalue weighted by atomic mass is 9.63. The minimum absolute atomic E-state index is 0.0410. The van der Waals surface area contributed by atoms with E-state index in [4.69, 9.17) is 4.99 Å². The molecule has 2 aliphatic rings. The van der Waals surface area contributed by atoms with Gasteiger partial charge in [-0.05, 0) is 50.0 Å². The van der Waals surface area contributed by atoms with Gasteiger partial charge in [0.15, 0.2) is 0 Å². The largest absolute Gasteiger partial charge is 0.326 e. The quantitative estimate of drug-likeness (QED) is 0.585. The van der Waals surface area contributed by atoms with Gasteiger partial charge in [0.25, 0.3) is 0 Å². The van der Waals surface area contributed by atoms with Crippen LogP contribution < -0.4 is 5.56 Å². The van der Waals surface area contributed by atoms with Gasteiger partial charge in [0.2, 0.25) is 5.56 Å². The first-order chi connectivity index (χ1) is 13.5. The van der Waals surface area contributed by atoms with E-state index in [1.807, 2.05) is 30.5 Å². The van der Waals surface area contributed by atoms with Crippen molar-refractivity contribution in [3.8, 4) is 0 Å². The van der Waals surface area contributed by atoms with Gasteiger partial charge in [0.1, 0.15) is 5.54 Å². The van der Waals surface area contributed by atoms with Crippen molar-refractivity contribution in [2.24, 2.45) is 10.9 Å². The number of allylic oxidation sites excluding steroid dienone is 3. The Kier molecular flexibility index (Phi) is 4.76. The molecular weight excluding hydrogens is 344 g/mol. The second kappa shape index (κ2) is 7.23. The molecule has 3 heteroatoms. The maximum absolute atomic E-state index is 11.9. The molecule has 2 aromatic rings. The average molecular weight is 370 g/mol. The van der Waals surface area contributed by atoms with Crippen LogP contribution in [0, 0.1) is 5.92 Å². The molecule has 2 aliphatic carbocycles. The van der Waals surface area contributed by atoms with Crippen LogP contribution in [0.2, 0.25) is 0 Å². The predicted molar refractivity (Wildman–Crippen MR) is 117 cm³/mol. The van der Waals surface area contributed by atoms with Crippen LogP contribution in [0.1, 0.15) is 44.0 Å². The minimum atomic E-state index is -0.429. The van der Waals surface area contributed by atoms with E-state index >= 15 is 0 Å². The Hall–Kier alpha value is -2.94. The highest BCUT2D eigenvalue weighted by Crippen LogP contribution is 2.51. The third kappa shape index (κ3) is 3.22. The van der Waals surface area contributed by atoms with Crippen molar-refractivity contribution in [1.82, 2.24) is 4.98 Å². The molecule has 0 unspecified atom stereocenters. The molecule has 2 bridgehead atoms. The summed E-state index contributed by atoms with van der Waals surface area (Å²) in [4.78, 5) is 20.2. The SMILES string of the molecule is C/C=C1\[C@H]2C=C(C)C[C@]1(N=C/C(C)=C/c1ccccc1)c1ccc(=O)[nH]c1C2. The van der Waals surface area contributed by atoms with Crippen LogP contribution in [0.25, 0.3) is 6.08 Å². The number of hydrogen-bond acceptors (Lipinski definition) is 2. The monoisotopic (exact) mass is 370 g/mol. The standard InChI is InChI=1S/C25H26N2O/c1-4-21-20-13-17(2)15-25(21,22-10-11-24(28)27-23(22)14-20)26-16-18(3)12-19-8-6-5-7-9-19/h4-13,16,20H,14-15H2,1-3H3,(H,27,28)/b18-12+,21-4+,26-16?/t20-,25+/m0/s1. The smallest absolute Gasteiger partial charge is 0.248 e. The fourth-order valence-electron chi connectivity index (χ4n) is 4.71. The summed E-state index contributed by atoms with van der Waals surface area (Å²) in [5.41, 5.74) is 6.65. The Labute approximate surface area is 166 Å². The molecule has 1 aromatic carbocycles. The zero-order chi connectivity index (χ0) is 19.7. The molecule has 0 fully saturated rings. The van der Waals surface area contributed by atoms with Gasteiger partial charge in [-0.2, -0.15) is 0 Å². The van der Waals surface area contributed by atoms with Crippen molar-refractivity contribution in [1.29, 1.82) is 0 Å².